The zero-order chi connectivity index (χ0) is 12.7. The Kier molecular flexibility index (Phi) is 3.37. The molecule has 3 N–H and O–H groups in total. The average Bonchev–Trinajstić information content (AvgIpc) is 2.08. The second-order valence-electron chi connectivity index (χ2n) is 6.30. The van der Waals surface area contributed by atoms with Gasteiger partial charge in [0.2, 0.25) is 5.91 Å². The molecular weight excluding hydrogens is 204 g/mol. The number of hydrogen-bond donors (Lipinski definition) is 2. The van der Waals surface area contributed by atoms with E-state index in [-0.39, 0.29) is 17.2 Å². The maximum Gasteiger partial charge on any atom is 0.240 e. The van der Waals surface area contributed by atoms with Gasteiger partial charge in [-0.05, 0) is 11.3 Å². The van der Waals surface area contributed by atoms with E-state index >= 15 is 0 Å². The van der Waals surface area contributed by atoms with Crippen LogP contribution in [-0.2, 0) is 4.79 Å². The van der Waals surface area contributed by atoms with E-state index in [0.29, 0.717) is 13.1 Å². The molecular formula is C12H24N2O2. The van der Waals surface area contributed by atoms with Crippen LogP contribution in [0.3, 0.4) is 0 Å². The predicted octanol–water partition coefficient (Wildman–Crippen LogP) is 0.589. The molecule has 1 saturated heterocycles. The van der Waals surface area contributed by atoms with E-state index in [1.165, 1.54) is 0 Å². The highest BCUT2D eigenvalue weighted by Crippen LogP contribution is 2.30. The van der Waals surface area contributed by atoms with Crippen molar-refractivity contribution in [3.05, 3.63) is 0 Å². The first-order valence-electron chi connectivity index (χ1n) is 5.84. The first-order valence-corrected chi connectivity index (χ1v) is 5.84. The van der Waals surface area contributed by atoms with Gasteiger partial charge in [-0.25, -0.2) is 0 Å². The topological polar surface area (TPSA) is 66.6 Å². The van der Waals surface area contributed by atoms with Gasteiger partial charge in [0.15, 0.2) is 0 Å². The number of nitrogens with two attached hydrogens (primary N) is 1. The summed E-state index contributed by atoms with van der Waals surface area (Å²) in [6, 6.07) is -0.496. The molecule has 0 radical (unpaired) electrons. The highest BCUT2D eigenvalue weighted by atomic mass is 16.3. The van der Waals surface area contributed by atoms with Crippen molar-refractivity contribution in [2.75, 3.05) is 13.1 Å². The lowest BCUT2D eigenvalue weighted by molar-refractivity contribution is -0.167. The van der Waals surface area contributed by atoms with E-state index in [1.807, 2.05) is 34.6 Å². The smallest absolute Gasteiger partial charge is 0.240 e. The summed E-state index contributed by atoms with van der Waals surface area (Å²) in [5, 5.41) is 10.1. The van der Waals surface area contributed by atoms with Crippen LogP contribution in [0.4, 0.5) is 0 Å². The summed E-state index contributed by atoms with van der Waals surface area (Å²) >= 11 is 0. The third kappa shape index (κ3) is 2.38. The summed E-state index contributed by atoms with van der Waals surface area (Å²) in [5.74, 6) is 0.111. The number of nitrogens with zero attached hydrogens (tertiary/aromatic N) is 1. The molecule has 94 valence electrons. The molecule has 4 heteroatoms. The summed E-state index contributed by atoms with van der Waals surface area (Å²) in [4.78, 5) is 13.6. The van der Waals surface area contributed by atoms with Gasteiger partial charge in [0, 0.05) is 0 Å². The number of β-amino-alcohol motifs (C(OH)–C–C–N with tert-alkyl or cyclic N) is 1. The van der Waals surface area contributed by atoms with E-state index in [0.717, 1.165) is 0 Å². The standard InChI is InChI=1S/C12H24N2O2/c1-8(2)12(16)6-14(7-12)10(15)9(13)11(3,4)5/h8-9,16H,6-7,13H2,1-5H3. The van der Waals surface area contributed by atoms with Crippen molar-refractivity contribution in [1.82, 2.24) is 4.90 Å². The molecule has 0 aromatic rings. The van der Waals surface area contributed by atoms with Crippen molar-refractivity contribution >= 4 is 5.91 Å². The van der Waals surface area contributed by atoms with Gasteiger partial charge in [-0.15, -0.1) is 0 Å². The number of aliphatic hydroxyl groups is 1. The van der Waals surface area contributed by atoms with E-state index in [1.54, 1.807) is 4.90 Å². The molecule has 1 amide bonds. The molecule has 0 bridgehead atoms. The largest absolute Gasteiger partial charge is 0.386 e. The Labute approximate surface area is 97.8 Å². The van der Waals surface area contributed by atoms with Gasteiger partial charge in [-0.1, -0.05) is 34.6 Å². The van der Waals surface area contributed by atoms with Crippen LogP contribution in [0.5, 0.6) is 0 Å². The molecule has 1 fully saturated rings. The van der Waals surface area contributed by atoms with Crippen LogP contribution in [-0.4, -0.2) is 40.6 Å². The van der Waals surface area contributed by atoms with Crippen LogP contribution in [0.1, 0.15) is 34.6 Å². The van der Waals surface area contributed by atoms with Gasteiger partial charge < -0.3 is 15.7 Å². The molecule has 4 nitrogen and oxygen atoms in total. The van der Waals surface area contributed by atoms with Gasteiger partial charge in [0.1, 0.15) is 5.60 Å². The Morgan fingerprint density at radius 2 is 1.81 bits per heavy atom. The maximum atomic E-state index is 12.0. The summed E-state index contributed by atoms with van der Waals surface area (Å²) in [7, 11) is 0. The fraction of sp³-hybridized carbons (Fsp3) is 0.917. The van der Waals surface area contributed by atoms with Gasteiger partial charge >= 0.3 is 0 Å². The SMILES string of the molecule is CC(C)C1(O)CN(C(=O)C(N)C(C)(C)C)C1. The molecule has 1 aliphatic rings. The Hall–Kier alpha value is -0.610. The number of hydrogen-bond acceptors (Lipinski definition) is 3. The van der Waals surface area contributed by atoms with E-state index in [2.05, 4.69) is 0 Å². The molecule has 0 aromatic heterocycles. The van der Waals surface area contributed by atoms with Crippen LogP contribution in [0.15, 0.2) is 0 Å². The molecule has 1 aliphatic heterocycles. The Morgan fingerprint density at radius 1 is 1.38 bits per heavy atom. The highest BCUT2D eigenvalue weighted by molar-refractivity contribution is 5.83. The van der Waals surface area contributed by atoms with Gasteiger partial charge in [-0.2, -0.15) is 0 Å². The van der Waals surface area contributed by atoms with E-state index in [9.17, 15) is 9.90 Å². The van der Waals surface area contributed by atoms with Crippen LogP contribution >= 0.6 is 0 Å². The predicted molar refractivity (Wildman–Crippen MR) is 63.8 cm³/mol. The molecule has 1 heterocycles. The zero-order valence-electron chi connectivity index (χ0n) is 10.9. The fourth-order valence-corrected chi connectivity index (χ4v) is 1.70. The highest BCUT2D eigenvalue weighted by Gasteiger charge is 2.47. The van der Waals surface area contributed by atoms with Crippen molar-refractivity contribution in [3.8, 4) is 0 Å². The summed E-state index contributed by atoms with van der Waals surface area (Å²) < 4.78 is 0. The van der Waals surface area contributed by atoms with Gasteiger partial charge in [-0.3, -0.25) is 4.79 Å². The van der Waals surface area contributed by atoms with Crippen molar-refractivity contribution in [2.24, 2.45) is 17.1 Å². The molecule has 1 rings (SSSR count). The number of amides is 1. The van der Waals surface area contributed by atoms with Crippen molar-refractivity contribution in [3.63, 3.8) is 0 Å². The molecule has 1 atom stereocenters. The lowest BCUT2D eigenvalue weighted by Crippen LogP contribution is -2.69. The molecule has 1 unspecified atom stereocenters. The number of likely N-dealkylation sites (tertiary alicyclic amines) is 1. The van der Waals surface area contributed by atoms with Gasteiger partial charge in [0.25, 0.3) is 0 Å². The minimum Gasteiger partial charge on any atom is -0.386 e. The van der Waals surface area contributed by atoms with Crippen LogP contribution in [0.2, 0.25) is 0 Å². The normalized spacial score (nSPS) is 21.9. The second-order valence-corrected chi connectivity index (χ2v) is 6.30. The molecule has 0 aliphatic carbocycles. The van der Waals surface area contributed by atoms with Crippen molar-refractivity contribution in [1.29, 1.82) is 0 Å². The first kappa shape index (κ1) is 13.5. The minimum atomic E-state index is -0.715. The third-order valence-corrected chi connectivity index (χ3v) is 3.51. The minimum absolute atomic E-state index is 0.0576. The Bertz CT molecular complexity index is 275. The summed E-state index contributed by atoms with van der Waals surface area (Å²) in [5.41, 5.74) is 4.95. The van der Waals surface area contributed by atoms with E-state index < -0.39 is 11.6 Å². The number of rotatable bonds is 2. The monoisotopic (exact) mass is 228 g/mol. The quantitative estimate of drug-likeness (QED) is 0.727. The number of carbonyl (C=O) groups excluding carboxylic acids is 1. The molecule has 0 aromatic carbocycles. The fourth-order valence-electron chi connectivity index (χ4n) is 1.70. The second kappa shape index (κ2) is 4.00. The number of carbonyl (C=O) groups is 1. The lowest BCUT2D eigenvalue weighted by Gasteiger charge is -2.50. The van der Waals surface area contributed by atoms with Crippen molar-refractivity contribution in [2.45, 2.75) is 46.3 Å². The summed E-state index contributed by atoms with van der Waals surface area (Å²) in [6.07, 6.45) is 0. The summed E-state index contributed by atoms with van der Waals surface area (Å²) in [6.45, 7) is 10.6. The Balaban J connectivity index is 2.56. The zero-order valence-corrected chi connectivity index (χ0v) is 10.9. The van der Waals surface area contributed by atoms with Crippen LogP contribution < -0.4 is 5.73 Å². The third-order valence-electron chi connectivity index (χ3n) is 3.51. The lowest BCUT2D eigenvalue weighted by atomic mass is 9.80. The van der Waals surface area contributed by atoms with E-state index in [4.69, 9.17) is 5.73 Å². The average molecular weight is 228 g/mol. The Morgan fingerprint density at radius 3 is 2.12 bits per heavy atom. The molecule has 0 spiro atoms. The van der Waals surface area contributed by atoms with Crippen LogP contribution in [0.25, 0.3) is 0 Å². The van der Waals surface area contributed by atoms with Crippen molar-refractivity contribution < 1.29 is 9.90 Å². The molecule has 0 saturated carbocycles. The first-order chi connectivity index (χ1) is 7.08. The van der Waals surface area contributed by atoms with Gasteiger partial charge in [0.05, 0.1) is 19.1 Å². The maximum absolute atomic E-state index is 12.0. The van der Waals surface area contributed by atoms with Crippen LogP contribution in [0, 0.1) is 11.3 Å². The molecule has 16 heavy (non-hydrogen) atoms.